The molecule has 0 aromatic heterocycles. The van der Waals surface area contributed by atoms with Crippen LogP contribution in [-0.4, -0.2) is 61.7 Å². The number of carbonyl (C=O) groups is 2. The third-order valence-electron chi connectivity index (χ3n) is 5.11. The lowest BCUT2D eigenvalue weighted by atomic mass is 10.0. The van der Waals surface area contributed by atoms with Crippen molar-refractivity contribution < 1.29 is 19.4 Å². The van der Waals surface area contributed by atoms with Gasteiger partial charge in [-0.25, -0.2) is 0 Å². The molecule has 1 fully saturated rings. The monoisotopic (exact) mass is 397 g/mol. The number of para-hydroxylation sites is 1. The molecular weight excluding hydrogens is 370 g/mol. The summed E-state index contributed by atoms with van der Waals surface area (Å²) in [5.41, 5.74) is 1.77. The first-order valence-electron chi connectivity index (χ1n) is 9.74. The predicted octanol–water partition coefficient (Wildman–Crippen LogP) is 2.55. The number of nitrogens with zero attached hydrogens (tertiary/aromatic N) is 2. The SMILES string of the molecule is COc1cccc(NC(=O)C[C@@H](CN2CCN(c3ccccc3)CC2)C(=O)O)c1. The van der Waals surface area contributed by atoms with Crippen molar-refractivity contribution in [3.63, 3.8) is 0 Å². The van der Waals surface area contributed by atoms with Gasteiger partial charge in [0.2, 0.25) is 5.91 Å². The van der Waals surface area contributed by atoms with E-state index in [1.165, 1.54) is 5.69 Å². The second kappa shape index (κ2) is 9.93. The van der Waals surface area contributed by atoms with Gasteiger partial charge in [0.1, 0.15) is 5.75 Å². The Morgan fingerprint density at radius 2 is 1.79 bits per heavy atom. The van der Waals surface area contributed by atoms with Gasteiger partial charge in [0.05, 0.1) is 13.0 Å². The first kappa shape index (κ1) is 20.7. The van der Waals surface area contributed by atoms with Gasteiger partial charge in [0, 0.05) is 56.6 Å². The number of carboxylic acid groups (broad SMARTS) is 1. The number of hydrogen-bond donors (Lipinski definition) is 2. The number of carboxylic acids is 1. The van der Waals surface area contributed by atoms with Crippen molar-refractivity contribution in [3.05, 3.63) is 54.6 Å². The van der Waals surface area contributed by atoms with E-state index in [4.69, 9.17) is 4.74 Å². The fraction of sp³-hybridized carbons (Fsp3) is 0.364. The van der Waals surface area contributed by atoms with Gasteiger partial charge in [-0.3, -0.25) is 14.5 Å². The topological polar surface area (TPSA) is 82.1 Å². The molecule has 154 valence electrons. The van der Waals surface area contributed by atoms with Crippen molar-refractivity contribution in [3.8, 4) is 5.75 Å². The summed E-state index contributed by atoms with van der Waals surface area (Å²) in [6.45, 7) is 3.59. The highest BCUT2D eigenvalue weighted by molar-refractivity contribution is 5.93. The number of nitrogens with one attached hydrogen (secondary N) is 1. The van der Waals surface area contributed by atoms with Crippen LogP contribution in [0.1, 0.15) is 6.42 Å². The number of rotatable bonds is 8. The van der Waals surface area contributed by atoms with Gasteiger partial charge in [-0.15, -0.1) is 0 Å². The maximum Gasteiger partial charge on any atom is 0.308 e. The molecule has 1 amide bonds. The number of hydrogen-bond acceptors (Lipinski definition) is 5. The largest absolute Gasteiger partial charge is 0.497 e. The second-order valence-corrected chi connectivity index (χ2v) is 7.14. The summed E-state index contributed by atoms with van der Waals surface area (Å²) in [6.07, 6.45) is -0.0640. The normalized spacial score (nSPS) is 15.6. The lowest BCUT2D eigenvalue weighted by Crippen LogP contribution is -2.48. The van der Waals surface area contributed by atoms with E-state index in [9.17, 15) is 14.7 Å². The predicted molar refractivity (Wildman–Crippen MR) is 112 cm³/mol. The summed E-state index contributed by atoms with van der Waals surface area (Å²) >= 11 is 0. The van der Waals surface area contributed by atoms with Crippen molar-refractivity contribution in [2.75, 3.05) is 50.1 Å². The minimum Gasteiger partial charge on any atom is -0.497 e. The average Bonchev–Trinajstić information content (AvgIpc) is 2.74. The number of amides is 1. The standard InChI is InChI=1S/C22H27N3O4/c1-29-20-9-5-6-18(15-20)23-21(26)14-17(22(27)28)16-24-10-12-25(13-11-24)19-7-3-2-4-8-19/h2-9,15,17H,10-14,16H2,1H3,(H,23,26)(H,27,28)/t17-/m0/s1. The van der Waals surface area contributed by atoms with Gasteiger partial charge in [-0.05, 0) is 24.3 Å². The molecule has 1 saturated heterocycles. The molecule has 0 spiro atoms. The Bertz CT molecular complexity index is 820. The van der Waals surface area contributed by atoms with E-state index in [1.807, 2.05) is 18.2 Å². The first-order chi connectivity index (χ1) is 14.0. The minimum atomic E-state index is -0.948. The fourth-order valence-electron chi connectivity index (χ4n) is 3.51. The minimum absolute atomic E-state index is 0.0640. The lowest BCUT2D eigenvalue weighted by Gasteiger charge is -2.37. The zero-order valence-electron chi connectivity index (χ0n) is 16.6. The van der Waals surface area contributed by atoms with E-state index in [2.05, 4.69) is 27.2 Å². The third kappa shape index (κ3) is 5.96. The van der Waals surface area contributed by atoms with Crippen LogP contribution in [0, 0.1) is 5.92 Å². The van der Waals surface area contributed by atoms with E-state index in [0.717, 1.165) is 26.2 Å². The maximum absolute atomic E-state index is 12.4. The molecule has 2 aromatic carbocycles. The Kier molecular flexibility index (Phi) is 7.08. The molecule has 1 heterocycles. The van der Waals surface area contributed by atoms with Crippen LogP contribution >= 0.6 is 0 Å². The zero-order chi connectivity index (χ0) is 20.6. The highest BCUT2D eigenvalue weighted by Crippen LogP contribution is 2.19. The van der Waals surface area contributed by atoms with Crippen molar-refractivity contribution >= 4 is 23.3 Å². The highest BCUT2D eigenvalue weighted by Gasteiger charge is 2.26. The number of benzene rings is 2. The van der Waals surface area contributed by atoms with Gasteiger partial charge in [-0.1, -0.05) is 24.3 Å². The van der Waals surface area contributed by atoms with E-state index < -0.39 is 11.9 Å². The van der Waals surface area contributed by atoms with Crippen molar-refractivity contribution in [2.45, 2.75) is 6.42 Å². The van der Waals surface area contributed by atoms with Gasteiger partial charge >= 0.3 is 5.97 Å². The fourth-order valence-corrected chi connectivity index (χ4v) is 3.51. The van der Waals surface area contributed by atoms with Crippen LogP contribution in [0.15, 0.2) is 54.6 Å². The number of methoxy groups -OCH3 is 1. The van der Waals surface area contributed by atoms with Crippen molar-refractivity contribution in [2.24, 2.45) is 5.92 Å². The van der Waals surface area contributed by atoms with Crippen LogP contribution in [0.25, 0.3) is 0 Å². The Balaban J connectivity index is 1.51. The molecule has 1 aliphatic rings. The third-order valence-corrected chi connectivity index (χ3v) is 5.11. The molecule has 1 atom stereocenters. The van der Waals surface area contributed by atoms with Crippen molar-refractivity contribution in [1.29, 1.82) is 0 Å². The molecule has 0 bridgehead atoms. The molecule has 1 aliphatic heterocycles. The van der Waals surface area contributed by atoms with Crippen LogP contribution in [0.5, 0.6) is 5.75 Å². The average molecular weight is 397 g/mol. The quantitative estimate of drug-likeness (QED) is 0.712. The second-order valence-electron chi connectivity index (χ2n) is 7.14. The first-order valence-corrected chi connectivity index (χ1v) is 9.74. The number of anilines is 2. The summed E-state index contributed by atoms with van der Waals surface area (Å²) in [6, 6.07) is 17.2. The Labute approximate surface area is 170 Å². The molecule has 0 unspecified atom stereocenters. The maximum atomic E-state index is 12.4. The molecule has 3 rings (SSSR count). The highest BCUT2D eigenvalue weighted by atomic mass is 16.5. The number of aliphatic carboxylic acids is 1. The van der Waals surface area contributed by atoms with Crippen LogP contribution in [0.4, 0.5) is 11.4 Å². The molecule has 7 nitrogen and oxygen atoms in total. The van der Waals surface area contributed by atoms with Crippen molar-refractivity contribution in [1.82, 2.24) is 4.90 Å². The molecule has 29 heavy (non-hydrogen) atoms. The van der Waals surface area contributed by atoms with Crippen LogP contribution in [0.3, 0.4) is 0 Å². The summed E-state index contributed by atoms with van der Waals surface area (Å²) in [5, 5.41) is 12.4. The molecule has 2 aromatic rings. The molecule has 0 radical (unpaired) electrons. The smallest absolute Gasteiger partial charge is 0.308 e. The van der Waals surface area contributed by atoms with Gasteiger partial charge < -0.3 is 20.1 Å². The zero-order valence-corrected chi connectivity index (χ0v) is 16.6. The van der Waals surface area contributed by atoms with Gasteiger partial charge in [0.15, 0.2) is 0 Å². The summed E-state index contributed by atoms with van der Waals surface area (Å²) in [5.74, 6) is -1.37. The molecule has 0 saturated carbocycles. The number of carbonyl (C=O) groups excluding carboxylic acids is 1. The summed E-state index contributed by atoms with van der Waals surface area (Å²) in [4.78, 5) is 28.5. The van der Waals surface area contributed by atoms with E-state index >= 15 is 0 Å². The van der Waals surface area contributed by atoms with Crippen LogP contribution in [0.2, 0.25) is 0 Å². The lowest BCUT2D eigenvalue weighted by molar-refractivity contribution is -0.144. The van der Waals surface area contributed by atoms with E-state index in [-0.39, 0.29) is 12.3 Å². The Morgan fingerprint density at radius 3 is 2.45 bits per heavy atom. The molecule has 0 aliphatic carbocycles. The Hall–Kier alpha value is -3.06. The van der Waals surface area contributed by atoms with Gasteiger partial charge in [0.25, 0.3) is 0 Å². The Morgan fingerprint density at radius 1 is 1.07 bits per heavy atom. The molecule has 7 heteroatoms. The summed E-state index contributed by atoms with van der Waals surface area (Å²) in [7, 11) is 1.55. The van der Waals surface area contributed by atoms with Gasteiger partial charge in [-0.2, -0.15) is 0 Å². The van der Waals surface area contributed by atoms with Crippen LogP contribution in [-0.2, 0) is 9.59 Å². The van der Waals surface area contributed by atoms with E-state index in [1.54, 1.807) is 31.4 Å². The molecule has 2 N–H and O–H groups in total. The van der Waals surface area contributed by atoms with Crippen LogP contribution < -0.4 is 15.0 Å². The number of piperazine rings is 1. The van der Waals surface area contributed by atoms with E-state index in [0.29, 0.717) is 18.0 Å². The summed E-state index contributed by atoms with van der Waals surface area (Å²) < 4.78 is 5.14. The molecular formula is C22H27N3O4. The number of ether oxygens (including phenoxy) is 1.